The minimum Gasteiger partial charge on any atom is -0.467 e. The molecule has 0 aromatic heterocycles. The van der Waals surface area contributed by atoms with Gasteiger partial charge in [0, 0.05) is 0 Å². The summed E-state index contributed by atoms with van der Waals surface area (Å²) in [6.45, 7) is 5.73. The van der Waals surface area contributed by atoms with Gasteiger partial charge in [0.25, 0.3) is 0 Å². The second kappa shape index (κ2) is 5.10. The van der Waals surface area contributed by atoms with Crippen LogP contribution >= 0.6 is 12.2 Å². The first-order valence-corrected chi connectivity index (χ1v) is 4.54. The predicted octanol–water partition coefficient (Wildman–Crippen LogP) is 2.07. The van der Waals surface area contributed by atoms with Gasteiger partial charge in [-0.2, -0.15) is 0 Å². The van der Waals surface area contributed by atoms with E-state index in [-0.39, 0.29) is 5.97 Å². The molecule has 0 fully saturated rings. The molecule has 3 nitrogen and oxygen atoms in total. The van der Waals surface area contributed by atoms with E-state index in [1.165, 1.54) is 7.11 Å². The van der Waals surface area contributed by atoms with Gasteiger partial charge in [-0.1, -0.05) is 13.8 Å². The van der Waals surface area contributed by atoms with Crippen molar-refractivity contribution in [1.82, 2.24) is 0 Å². The van der Waals surface area contributed by atoms with Crippen molar-refractivity contribution in [2.75, 3.05) is 7.11 Å². The second-order valence-corrected chi connectivity index (χ2v) is 3.75. The third kappa shape index (κ3) is 3.66. The number of rotatable bonds is 4. The average molecular weight is 201 g/mol. The molecule has 0 aliphatic rings. The summed E-state index contributed by atoms with van der Waals surface area (Å²) in [7, 11) is 1.35. The van der Waals surface area contributed by atoms with Crippen LogP contribution in [0.15, 0.2) is 4.99 Å². The Morgan fingerprint density at radius 1 is 1.69 bits per heavy atom. The lowest BCUT2D eigenvalue weighted by atomic mass is 9.91. The lowest BCUT2D eigenvalue weighted by molar-refractivity contribution is -0.146. The molecule has 74 valence electrons. The van der Waals surface area contributed by atoms with Gasteiger partial charge in [-0.15, -0.1) is 0 Å². The summed E-state index contributed by atoms with van der Waals surface area (Å²) in [6.07, 6.45) is 0.614. The molecule has 4 heteroatoms. The van der Waals surface area contributed by atoms with E-state index in [1.54, 1.807) is 6.92 Å². The van der Waals surface area contributed by atoms with E-state index in [4.69, 9.17) is 0 Å². The minimum absolute atomic E-state index is 0.358. The fourth-order valence-corrected chi connectivity index (χ4v) is 1.49. The normalized spacial score (nSPS) is 14.5. The molecule has 0 aromatic rings. The van der Waals surface area contributed by atoms with E-state index >= 15 is 0 Å². The van der Waals surface area contributed by atoms with Gasteiger partial charge in [-0.25, -0.2) is 9.79 Å². The van der Waals surface area contributed by atoms with Crippen LogP contribution in [-0.4, -0.2) is 23.8 Å². The SMILES string of the molecule is COC(=O)C(C)(CC(C)C)N=C=S. The molecule has 13 heavy (non-hydrogen) atoms. The van der Waals surface area contributed by atoms with E-state index in [9.17, 15) is 4.79 Å². The highest BCUT2D eigenvalue weighted by Crippen LogP contribution is 2.21. The number of carbonyl (C=O) groups is 1. The summed E-state index contributed by atoms with van der Waals surface area (Å²) in [4.78, 5) is 15.2. The first kappa shape index (κ1) is 12.3. The Balaban J connectivity index is 4.71. The number of thiocarbonyl (C=S) groups is 1. The van der Waals surface area contributed by atoms with Crippen molar-refractivity contribution in [1.29, 1.82) is 0 Å². The monoisotopic (exact) mass is 201 g/mol. The van der Waals surface area contributed by atoms with Crippen LogP contribution < -0.4 is 0 Å². The summed E-state index contributed by atoms with van der Waals surface area (Å²) < 4.78 is 4.65. The summed E-state index contributed by atoms with van der Waals surface area (Å²) in [5, 5.41) is 2.24. The molecule has 0 aliphatic carbocycles. The quantitative estimate of drug-likeness (QED) is 0.397. The molecule has 0 saturated heterocycles. The summed E-state index contributed by atoms with van der Waals surface area (Å²) in [5.41, 5.74) is -0.870. The first-order chi connectivity index (χ1) is 5.96. The summed E-state index contributed by atoms with van der Waals surface area (Å²) in [5.74, 6) is -0.00486. The highest BCUT2D eigenvalue weighted by molar-refractivity contribution is 7.78. The lowest BCUT2D eigenvalue weighted by Gasteiger charge is -2.22. The largest absolute Gasteiger partial charge is 0.467 e. The molecule has 1 atom stereocenters. The van der Waals surface area contributed by atoms with Crippen molar-refractivity contribution in [2.45, 2.75) is 32.7 Å². The van der Waals surface area contributed by atoms with Crippen LogP contribution in [0.5, 0.6) is 0 Å². The molecule has 0 rings (SSSR count). The van der Waals surface area contributed by atoms with Gasteiger partial charge in [0.1, 0.15) is 0 Å². The van der Waals surface area contributed by atoms with Crippen LogP contribution in [-0.2, 0) is 9.53 Å². The van der Waals surface area contributed by atoms with Crippen LogP contribution in [0, 0.1) is 5.92 Å². The van der Waals surface area contributed by atoms with Gasteiger partial charge >= 0.3 is 5.97 Å². The summed E-state index contributed by atoms with van der Waals surface area (Å²) in [6, 6.07) is 0. The van der Waals surface area contributed by atoms with Crippen LogP contribution in [0.3, 0.4) is 0 Å². The van der Waals surface area contributed by atoms with E-state index in [0.717, 1.165) is 0 Å². The smallest absolute Gasteiger partial charge is 0.334 e. The molecular formula is C9H15NO2S. The van der Waals surface area contributed by atoms with Crippen molar-refractivity contribution in [3.8, 4) is 0 Å². The van der Waals surface area contributed by atoms with Gasteiger partial charge in [-0.05, 0) is 31.5 Å². The maximum absolute atomic E-state index is 11.4. The fourth-order valence-electron chi connectivity index (χ4n) is 1.29. The Kier molecular flexibility index (Phi) is 4.81. The molecule has 0 spiro atoms. The molecule has 0 heterocycles. The number of aliphatic imine (C=N–C) groups is 1. The Labute approximate surface area is 84.2 Å². The molecule has 0 saturated carbocycles. The Bertz CT molecular complexity index is 234. The number of hydrogen-bond donors (Lipinski definition) is 0. The van der Waals surface area contributed by atoms with Crippen molar-refractivity contribution in [3.05, 3.63) is 0 Å². The predicted molar refractivity (Wildman–Crippen MR) is 54.9 cm³/mol. The molecule has 0 N–H and O–H groups in total. The number of isothiocyanates is 1. The van der Waals surface area contributed by atoms with Crippen molar-refractivity contribution < 1.29 is 9.53 Å². The highest BCUT2D eigenvalue weighted by atomic mass is 32.1. The van der Waals surface area contributed by atoms with Crippen LogP contribution in [0.2, 0.25) is 0 Å². The zero-order valence-corrected chi connectivity index (χ0v) is 9.27. The maximum Gasteiger partial charge on any atom is 0.334 e. The topological polar surface area (TPSA) is 38.7 Å². The fraction of sp³-hybridized carbons (Fsp3) is 0.778. The van der Waals surface area contributed by atoms with Gasteiger partial charge < -0.3 is 4.74 Å². The third-order valence-electron chi connectivity index (χ3n) is 1.72. The molecule has 0 radical (unpaired) electrons. The molecule has 0 bridgehead atoms. The molecule has 0 aliphatic heterocycles. The number of ether oxygens (including phenoxy) is 1. The van der Waals surface area contributed by atoms with Gasteiger partial charge in [0.15, 0.2) is 5.54 Å². The summed E-state index contributed by atoms with van der Waals surface area (Å²) >= 11 is 4.50. The van der Waals surface area contributed by atoms with Gasteiger partial charge in [0.05, 0.1) is 12.3 Å². The number of methoxy groups -OCH3 is 1. The minimum atomic E-state index is -0.870. The standard InChI is InChI=1S/C9H15NO2S/c1-7(2)5-9(3,10-6-13)8(11)12-4/h7H,5H2,1-4H3. The van der Waals surface area contributed by atoms with E-state index in [0.29, 0.717) is 12.3 Å². The Morgan fingerprint density at radius 3 is 2.54 bits per heavy atom. The second-order valence-electron chi connectivity index (χ2n) is 3.57. The maximum atomic E-state index is 11.4. The van der Waals surface area contributed by atoms with E-state index < -0.39 is 5.54 Å². The van der Waals surface area contributed by atoms with Gasteiger partial charge in [0.2, 0.25) is 0 Å². The zero-order chi connectivity index (χ0) is 10.5. The van der Waals surface area contributed by atoms with Crippen LogP contribution in [0.4, 0.5) is 0 Å². The van der Waals surface area contributed by atoms with Crippen molar-refractivity contribution in [2.24, 2.45) is 10.9 Å². The Morgan fingerprint density at radius 2 is 2.23 bits per heavy atom. The van der Waals surface area contributed by atoms with Crippen molar-refractivity contribution in [3.63, 3.8) is 0 Å². The number of carbonyl (C=O) groups excluding carboxylic acids is 1. The molecule has 0 aromatic carbocycles. The van der Waals surface area contributed by atoms with E-state index in [1.807, 2.05) is 13.8 Å². The van der Waals surface area contributed by atoms with Crippen LogP contribution in [0.25, 0.3) is 0 Å². The van der Waals surface area contributed by atoms with Gasteiger partial charge in [-0.3, -0.25) is 0 Å². The molecular weight excluding hydrogens is 186 g/mol. The lowest BCUT2D eigenvalue weighted by Crippen LogP contribution is -2.35. The number of esters is 1. The van der Waals surface area contributed by atoms with E-state index in [2.05, 4.69) is 27.1 Å². The molecule has 0 amide bonds. The first-order valence-electron chi connectivity index (χ1n) is 4.13. The number of hydrogen-bond acceptors (Lipinski definition) is 4. The Hall–Kier alpha value is -0.730. The van der Waals surface area contributed by atoms with Crippen LogP contribution in [0.1, 0.15) is 27.2 Å². The average Bonchev–Trinajstić information content (AvgIpc) is 2.02. The molecule has 1 unspecified atom stereocenters. The highest BCUT2D eigenvalue weighted by Gasteiger charge is 2.34. The number of nitrogens with zero attached hydrogens (tertiary/aromatic N) is 1. The van der Waals surface area contributed by atoms with Crippen molar-refractivity contribution >= 4 is 23.3 Å². The third-order valence-corrected chi connectivity index (χ3v) is 1.81. The zero-order valence-electron chi connectivity index (χ0n) is 8.46.